The topological polar surface area (TPSA) is 63.6 Å². The predicted molar refractivity (Wildman–Crippen MR) is 135 cm³/mol. The zero-order valence-electron chi connectivity index (χ0n) is 19.4. The summed E-state index contributed by atoms with van der Waals surface area (Å²) in [7, 11) is -6.44. The Labute approximate surface area is 198 Å². The molecule has 0 saturated heterocycles. The average Bonchev–Trinajstić information content (AvgIpc) is 3.56. The van der Waals surface area contributed by atoms with Crippen LogP contribution in [0.1, 0.15) is 27.2 Å². The molecule has 4 nitrogen and oxygen atoms in total. The molecule has 0 unspecified atom stereocenters. The summed E-state index contributed by atoms with van der Waals surface area (Å²) in [5.41, 5.74) is 0. The highest BCUT2D eigenvalue weighted by Gasteiger charge is 2.64. The molecule has 1 aliphatic rings. The van der Waals surface area contributed by atoms with Gasteiger partial charge < -0.3 is 9.53 Å². The van der Waals surface area contributed by atoms with Crippen molar-refractivity contribution >= 4 is 28.5 Å². The summed E-state index contributed by atoms with van der Waals surface area (Å²) in [6.07, 6.45) is 0.402. The van der Waals surface area contributed by atoms with E-state index in [0.29, 0.717) is 13.0 Å². The molecule has 0 bridgehead atoms. The maximum atomic E-state index is 13.4. The number of hydrogen-bond donors (Lipinski definition) is 1. The van der Waals surface area contributed by atoms with Crippen LogP contribution in [0.4, 0.5) is 0 Å². The quantitative estimate of drug-likeness (QED) is 0.498. The van der Waals surface area contributed by atoms with E-state index in [1.54, 1.807) is 30.3 Å². The van der Waals surface area contributed by atoms with Crippen LogP contribution in [0.5, 0.6) is 0 Å². The third kappa shape index (κ3) is 3.99. The van der Waals surface area contributed by atoms with Gasteiger partial charge in [-0.05, 0) is 34.0 Å². The molecule has 6 heteroatoms. The summed E-state index contributed by atoms with van der Waals surface area (Å²) in [5.74, 6) is -0.255. The molecule has 0 aromatic heterocycles. The second kappa shape index (κ2) is 8.84. The molecule has 174 valence electrons. The monoisotopic (exact) mass is 480 g/mol. The minimum absolute atomic E-state index is 0.190. The number of rotatable bonds is 8. The number of hydrogen-bond acceptors (Lipinski definition) is 4. The molecule has 0 heterocycles. The van der Waals surface area contributed by atoms with E-state index in [-0.39, 0.29) is 15.9 Å². The molecule has 1 saturated carbocycles. The minimum atomic E-state index is -3.67. The number of sulfone groups is 1. The normalized spacial score (nSPS) is 21.0. The van der Waals surface area contributed by atoms with E-state index in [1.807, 2.05) is 36.4 Å². The van der Waals surface area contributed by atoms with Gasteiger partial charge in [0.2, 0.25) is 0 Å². The van der Waals surface area contributed by atoms with Crippen molar-refractivity contribution in [2.24, 2.45) is 5.92 Å². The highest BCUT2D eigenvalue weighted by molar-refractivity contribution is 7.93. The maximum absolute atomic E-state index is 13.4. The van der Waals surface area contributed by atoms with Crippen LogP contribution < -0.4 is 10.4 Å². The Bertz CT molecular complexity index is 1140. The van der Waals surface area contributed by atoms with E-state index in [9.17, 15) is 13.5 Å². The fraction of sp³-hybridized carbons (Fsp3) is 0.333. The van der Waals surface area contributed by atoms with E-state index in [0.717, 1.165) is 10.4 Å². The SMILES string of the molecule is CC(C)(C)[Si](OC[C@H]1C[C@]1(CO)S(=O)(=O)c1ccccc1)(c1ccccc1)c1ccccc1. The third-order valence-electron chi connectivity index (χ3n) is 6.95. The van der Waals surface area contributed by atoms with Crippen LogP contribution in [-0.2, 0) is 14.3 Å². The Morgan fingerprint density at radius 3 is 1.76 bits per heavy atom. The van der Waals surface area contributed by atoms with Crippen molar-refractivity contribution in [1.29, 1.82) is 0 Å². The lowest BCUT2D eigenvalue weighted by Crippen LogP contribution is -2.66. The van der Waals surface area contributed by atoms with Crippen molar-refractivity contribution in [2.45, 2.75) is 41.9 Å². The van der Waals surface area contributed by atoms with Gasteiger partial charge in [-0.25, -0.2) is 8.42 Å². The molecule has 1 N–H and O–H groups in total. The summed E-state index contributed by atoms with van der Waals surface area (Å²) in [5, 5.41) is 12.3. The molecule has 3 aromatic carbocycles. The van der Waals surface area contributed by atoms with Gasteiger partial charge in [0, 0.05) is 12.5 Å². The predicted octanol–water partition coefficient (Wildman–Crippen LogP) is 3.79. The Hall–Kier alpha value is -2.25. The van der Waals surface area contributed by atoms with E-state index >= 15 is 0 Å². The lowest BCUT2D eigenvalue weighted by molar-refractivity contribution is 0.242. The lowest BCUT2D eigenvalue weighted by atomic mass is 10.2. The summed E-state index contributed by atoms with van der Waals surface area (Å²) in [4.78, 5) is 0.256. The molecule has 0 radical (unpaired) electrons. The first kappa shape index (κ1) is 23.9. The first-order valence-corrected chi connectivity index (χ1v) is 14.7. The molecule has 4 rings (SSSR count). The zero-order chi connectivity index (χ0) is 23.7. The molecule has 3 aromatic rings. The highest BCUT2D eigenvalue weighted by atomic mass is 32.2. The van der Waals surface area contributed by atoms with Crippen LogP contribution in [-0.4, -0.2) is 39.8 Å². The van der Waals surface area contributed by atoms with E-state index in [1.165, 1.54) is 0 Å². The Kier molecular flexibility index (Phi) is 6.40. The second-order valence-electron chi connectivity index (χ2n) is 9.91. The Morgan fingerprint density at radius 1 is 0.879 bits per heavy atom. The van der Waals surface area contributed by atoms with Crippen LogP contribution in [0.15, 0.2) is 95.9 Å². The molecule has 33 heavy (non-hydrogen) atoms. The van der Waals surface area contributed by atoms with E-state index < -0.39 is 29.5 Å². The molecule has 0 amide bonds. The van der Waals surface area contributed by atoms with Crippen molar-refractivity contribution in [3.63, 3.8) is 0 Å². The van der Waals surface area contributed by atoms with Crippen molar-refractivity contribution in [1.82, 2.24) is 0 Å². The minimum Gasteiger partial charge on any atom is -0.407 e. The average molecular weight is 481 g/mol. The van der Waals surface area contributed by atoms with Gasteiger partial charge in [-0.15, -0.1) is 0 Å². The van der Waals surface area contributed by atoms with Crippen LogP contribution in [0, 0.1) is 5.92 Å². The zero-order valence-corrected chi connectivity index (χ0v) is 21.3. The summed E-state index contributed by atoms with van der Waals surface area (Å²) >= 11 is 0. The lowest BCUT2D eigenvalue weighted by Gasteiger charge is -2.43. The van der Waals surface area contributed by atoms with Gasteiger partial charge in [-0.2, -0.15) is 0 Å². The van der Waals surface area contributed by atoms with Gasteiger partial charge in [0.1, 0.15) is 4.75 Å². The van der Waals surface area contributed by atoms with Gasteiger partial charge in [0.25, 0.3) is 8.32 Å². The summed E-state index contributed by atoms with van der Waals surface area (Å²) in [6, 6.07) is 29.0. The highest BCUT2D eigenvalue weighted by Crippen LogP contribution is 2.53. The molecule has 2 atom stereocenters. The fourth-order valence-corrected chi connectivity index (χ4v) is 11.7. The first-order chi connectivity index (χ1) is 15.7. The number of aliphatic hydroxyl groups is 1. The summed E-state index contributed by atoms with van der Waals surface area (Å²) in [6.45, 7) is 6.49. The van der Waals surface area contributed by atoms with Crippen LogP contribution >= 0.6 is 0 Å². The van der Waals surface area contributed by atoms with Crippen LogP contribution in [0.2, 0.25) is 5.04 Å². The molecular weight excluding hydrogens is 448 g/mol. The Balaban J connectivity index is 1.71. The number of benzene rings is 3. The smallest absolute Gasteiger partial charge is 0.261 e. The van der Waals surface area contributed by atoms with E-state index in [2.05, 4.69) is 45.0 Å². The third-order valence-corrected chi connectivity index (χ3v) is 14.5. The van der Waals surface area contributed by atoms with Crippen molar-refractivity contribution in [2.75, 3.05) is 13.2 Å². The maximum Gasteiger partial charge on any atom is 0.261 e. The Morgan fingerprint density at radius 2 is 1.33 bits per heavy atom. The first-order valence-electron chi connectivity index (χ1n) is 11.3. The molecule has 0 aliphatic heterocycles. The van der Waals surface area contributed by atoms with Gasteiger partial charge >= 0.3 is 0 Å². The second-order valence-corrected chi connectivity index (χ2v) is 16.5. The molecule has 1 aliphatic carbocycles. The van der Waals surface area contributed by atoms with Crippen molar-refractivity contribution in [3.8, 4) is 0 Å². The van der Waals surface area contributed by atoms with Gasteiger partial charge in [-0.3, -0.25) is 0 Å². The van der Waals surface area contributed by atoms with Gasteiger partial charge in [0.15, 0.2) is 9.84 Å². The van der Waals surface area contributed by atoms with E-state index in [4.69, 9.17) is 4.43 Å². The molecular formula is C27H32O4SSi. The van der Waals surface area contributed by atoms with Crippen LogP contribution in [0.25, 0.3) is 0 Å². The summed E-state index contributed by atoms with van der Waals surface area (Å²) < 4.78 is 32.6. The standard InChI is InChI=1S/C27H32O4SSi/c1-26(2,3)33(24-15-9-5-10-16-24,25-17-11-6-12-18-25)31-20-22-19-27(22,21-28)32(29,30)23-13-7-4-8-14-23/h4-18,22,28H,19-21H2,1-3H3/t22-,27-/m1/s1. The molecule has 1 fully saturated rings. The number of aliphatic hydroxyl groups excluding tert-OH is 1. The largest absolute Gasteiger partial charge is 0.407 e. The molecule has 0 spiro atoms. The fourth-order valence-electron chi connectivity index (χ4n) is 5.00. The van der Waals surface area contributed by atoms with Crippen molar-refractivity contribution in [3.05, 3.63) is 91.0 Å². The van der Waals surface area contributed by atoms with Crippen LogP contribution in [0.3, 0.4) is 0 Å². The van der Waals surface area contributed by atoms with Gasteiger partial charge in [0.05, 0.1) is 11.5 Å². The van der Waals surface area contributed by atoms with Gasteiger partial charge in [-0.1, -0.05) is 99.6 Å². The van der Waals surface area contributed by atoms with Crippen molar-refractivity contribution < 1.29 is 18.0 Å².